The lowest BCUT2D eigenvalue weighted by Gasteiger charge is -2.32. The Morgan fingerprint density at radius 3 is 2.14 bits per heavy atom. The summed E-state index contributed by atoms with van der Waals surface area (Å²) in [4.78, 5) is 53.3. The molecule has 37 heavy (non-hydrogen) atoms. The lowest BCUT2D eigenvalue weighted by Crippen LogP contribution is -2.46. The lowest BCUT2D eigenvalue weighted by atomic mass is 9.83. The highest BCUT2D eigenvalue weighted by atomic mass is 16.2. The van der Waals surface area contributed by atoms with Crippen LogP contribution in [0.15, 0.2) is 72.8 Å². The summed E-state index contributed by atoms with van der Waals surface area (Å²) in [5.74, 6) is -0.661. The van der Waals surface area contributed by atoms with Gasteiger partial charge in [0, 0.05) is 42.2 Å². The van der Waals surface area contributed by atoms with Crippen molar-refractivity contribution in [3.8, 4) is 0 Å². The number of fused-ring (bicyclic) bond motifs is 2. The molecule has 1 heterocycles. The lowest BCUT2D eigenvalue weighted by molar-refractivity contribution is -0.122. The van der Waals surface area contributed by atoms with Crippen LogP contribution < -0.4 is 10.6 Å². The molecule has 2 amide bonds. The summed E-state index contributed by atoms with van der Waals surface area (Å²) in [5, 5.41) is 5.97. The molecule has 0 saturated carbocycles. The number of nitrogens with zero attached hydrogens (tertiary/aromatic N) is 1. The molecule has 1 aliphatic carbocycles. The summed E-state index contributed by atoms with van der Waals surface area (Å²) in [6.45, 7) is 1.56. The molecule has 5 rings (SSSR count). The van der Waals surface area contributed by atoms with Crippen molar-refractivity contribution in [1.82, 2.24) is 10.2 Å². The van der Waals surface area contributed by atoms with Crippen LogP contribution in [0.25, 0.3) is 0 Å². The summed E-state index contributed by atoms with van der Waals surface area (Å²) >= 11 is 0. The molecule has 188 valence electrons. The van der Waals surface area contributed by atoms with Gasteiger partial charge in [0.25, 0.3) is 0 Å². The van der Waals surface area contributed by atoms with Gasteiger partial charge in [-0.3, -0.25) is 24.1 Å². The standard InChI is InChI=1S/C30H29N3O4/c34-26(14-13-20-7-2-1-3-8-20)31-21-15-17-33(18-16-21)19-27(35)32-25-12-6-11-24-28(25)30(37)23-10-5-4-9-22(23)29(24)36/h1-12,21H,13-19H2,(H,31,34)(H,32,35). The van der Waals surface area contributed by atoms with Crippen molar-refractivity contribution in [2.45, 2.75) is 31.7 Å². The molecule has 0 atom stereocenters. The first-order valence-corrected chi connectivity index (χ1v) is 12.7. The Balaban J connectivity index is 1.13. The number of hydrogen-bond donors (Lipinski definition) is 2. The Labute approximate surface area is 215 Å². The third kappa shape index (κ3) is 5.52. The Hall–Kier alpha value is -4.10. The molecule has 3 aromatic carbocycles. The normalized spacial score (nSPS) is 15.6. The Morgan fingerprint density at radius 2 is 1.41 bits per heavy atom. The van der Waals surface area contributed by atoms with Gasteiger partial charge in [-0.25, -0.2) is 0 Å². The minimum absolute atomic E-state index is 0.0506. The zero-order valence-electron chi connectivity index (χ0n) is 20.5. The first kappa shape index (κ1) is 24.6. The number of hydrogen-bond acceptors (Lipinski definition) is 5. The molecule has 7 nitrogen and oxygen atoms in total. The molecule has 0 spiro atoms. The van der Waals surface area contributed by atoms with Crippen molar-refractivity contribution in [3.05, 3.63) is 101 Å². The first-order valence-electron chi connectivity index (χ1n) is 12.7. The highest BCUT2D eigenvalue weighted by Crippen LogP contribution is 2.32. The highest BCUT2D eigenvalue weighted by molar-refractivity contribution is 6.30. The van der Waals surface area contributed by atoms with Crippen LogP contribution in [0.1, 0.15) is 56.7 Å². The number of ketones is 2. The molecule has 1 saturated heterocycles. The minimum Gasteiger partial charge on any atom is -0.353 e. The quantitative estimate of drug-likeness (QED) is 0.408. The smallest absolute Gasteiger partial charge is 0.238 e. The fraction of sp³-hybridized carbons (Fsp3) is 0.267. The van der Waals surface area contributed by atoms with Crippen molar-refractivity contribution in [3.63, 3.8) is 0 Å². The third-order valence-corrected chi connectivity index (χ3v) is 7.03. The molecular weight excluding hydrogens is 466 g/mol. The number of amides is 2. The van der Waals surface area contributed by atoms with E-state index in [4.69, 9.17) is 0 Å². The van der Waals surface area contributed by atoms with Crippen LogP contribution in [0.3, 0.4) is 0 Å². The van der Waals surface area contributed by atoms with Gasteiger partial charge in [-0.15, -0.1) is 0 Å². The van der Waals surface area contributed by atoms with Crippen LogP contribution in [-0.4, -0.2) is 54.0 Å². The Bertz CT molecular complexity index is 1340. The van der Waals surface area contributed by atoms with Gasteiger partial charge in [0.15, 0.2) is 11.6 Å². The number of nitrogens with one attached hydrogen (secondary N) is 2. The maximum absolute atomic E-state index is 13.1. The second-order valence-corrected chi connectivity index (χ2v) is 9.58. The van der Waals surface area contributed by atoms with Gasteiger partial charge in [-0.2, -0.15) is 0 Å². The Kier molecular flexibility index (Phi) is 7.23. The number of piperidine rings is 1. The molecule has 2 aliphatic rings. The second kappa shape index (κ2) is 10.9. The summed E-state index contributed by atoms with van der Waals surface area (Å²) < 4.78 is 0. The summed E-state index contributed by atoms with van der Waals surface area (Å²) in [7, 11) is 0. The molecule has 0 bridgehead atoms. The van der Waals surface area contributed by atoms with E-state index in [-0.39, 0.29) is 41.5 Å². The number of rotatable bonds is 7. The largest absolute Gasteiger partial charge is 0.353 e. The van der Waals surface area contributed by atoms with E-state index in [2.05, 4.69) is 10.6 Å². The van der Waals surface area contributed by atoms with Crippen LogP contribution in [0.2, 0.25) is 0 Å². The van der Waals surface area contributed by atoms with Gasteiger partial charge in [-0.05, 0) is 30.9 Å². The fourth-order valence-electron chi connectivity index (χ4n) is 5.08. The van der Waals surface area contributed by atoms with Gasteiger partial charge in [0.1, 0.15) is 0 Å². The SMILES string of the molecule is O=C(CN1CCC(NC(=O)CCc2ccccc2)CC1)Nc1cccc2c1C(=O)c1ccccc1C2=O. The first-order chi connectivity index (χ1) is 18.0. The average molecular weight is 496 g/mol. The molecule has 0 aromatic heterocycles. The second-order valence-electron chi connectivity index (χ2n) is 9.58. The van der Waals surface area contributed by atoms with E-state index in [9.17, 15) is 19.2 Å². The molecule has 3 aromatic rings. The predicted molar refractivity (Wildman–Crippen MR) is 141 cm³/mol. The zero-order valence-corrected chi connectivity index (χ0v) is 20.5. The maximum Gasteiger partial charge on any atom is 0.238 e. The van der Waals surface area contributed by atoms with E-state index in [1.807, 2.05) is 35.2 Å². The average Bonchev–Trinajstić information content (AvgIpc) is 2.92. The fourth-order valence-corrected chi connectivity index (χ4v) is 5.08. The number of benzene rings is 3. The van der Waals surface area contributed by atoms with E-state index in [1.165, 1.54) is 0 Å². The van der Waals surface area contributed by atoms with Crippen LogP contribution in [-0.2, 0) is 16.0 Å². The van der Waals surface area contributed by atoms with E-state index in [1.54, 1.807) is 42.5 Å². The number of anilines is 1. The highest BCUT2D eigenvalue weighted by Gasteiger charge is 2.32. The number of likely N-dealkylation sites (tertiary alicyclic amines) is 1. The van der Waals surface area contributed by atoms with Crippen LogP contribution >= 0.6 is 0 Å². The third-order valence-electron chi connectivity index (χ3n) is 7.03. The molecular formula is C30H29N3O4. The van der Waals surface area contributed by atoms with Gasteiger partial charge >= 0.3 is 0 Å². The van der Waals surface area contributed by atoms with Crippen LogP contribution in [0, 0.1) is 0 Å². The van der Waals surface area contributed by atoms with Gasteiger partial charge < -0.3 is 10.6 Å². The molecule has 1 aliphatic heterocycles. The van der Waals surface area contributed by atoms with Crippen molar-refractivity contribution in [1.29, 1.82) is 0 Å². The van der Waals surface area contributed by atoms with E-state index in [0.29, 0.717) is 48.3 Å². The zero-order chi connectivity index (χ0) is 25.8. The molecule has 1 fully saturated rings. The van der Waals surface area contributed by atoms with Crippen molar-refractivity contribution >= 4 is 29.1 Å². The van der Waals surface area contributed by atoms with Crippen LogP contribution in [0.4, 0.5) is 5.69 Å². The molecule has 0 unspecified atom stereocenters. The minimum atomic E-state index is -0.259. The van der Waals surface area contributed by atoms with Gasteiger partial charge in [0.2, 0.25) is 11.8 Å². The van der Waals surface area contributed by atoms with E-state index < -0.39 is 0 Å². The van der Waals surface area contributed by atoms with E-state index in [0.717, 1.165) is 18.4 Å². The summed E-state index contributed by atoms with van der Waals surface area (Å²) in [5.41, 5.74) is 2.80. The van der Waals surface area contributed by atoms with Gasteiger partial charge in [0.05, 0.1) is 17.8 Å². The number of carbonyl (C=O) groups is 4. The van der Waals surface area contributed by atoms with Crippen molar-refractivity contribution in [2.75, 3.05) is 25.0 Å². The maximum atomic E-state index is 13.1. The topological polar surface area (TPSA) is 95.6 Å². The molecule has 7 heteroatoms. The van der Waals surface area contributed by atoms with Crippen LogP contribution in [0.5, 0.6) is 0 Å². The number of aryl methyl sites for hydroxylation is 1. The van der Waals surface area contributed by atoms with E-state index >= 15 is 0 Å². The predicted octanol–water partition coefficient (Wildman–Crippen LogP) is 3.61. The molecule has 0 radical (unpaired) electrons. The Morgan fingerprint density at radius 1 is 0.757 bits per heavy atom. The summed E-state index contributed by atoms with van der Waals surface area (Å²) in [6.07, 6.45) is 2.72. The van der Waals surface area contributed by atoms with Crippen molar-refractivity contribution < 1.29 is 19.2 Å². The van der Waals surface area contributed by atoms with Gasteiger partial charge in [-0.1, -0.05) is 66.7 Å². The van der Waals surface area contributed by atoms with Crippen molar-refractivity contribution in [2.24, 2.45) is 0 Å². The molecule has 2 N–H and O–H groups in total. The summed E-state index contributed by atoms with van der Waals surface area (Å²) in [6, 6.07) is 21.8. The number of carbonyl (C=O) groups excluding carboxylic acids is 4. The monoisotopic (exact) mass is 495 g/mol.